The molecular formula is C29H35N3O. The van der Waals surface area contributed by atoms with Crippen LogP contribution in [0.25, 0.3) is 16.9 Å². The first-order chi connectivity index (χ1) is 16.0. The fourth-order valence-corrected chi connectivity index (χ4v) is 4.44. The summed E-state index contributed by atoms with van der Waals surface area (Å²) in [6.45, 7) is 10.1. The van der Waals surface area contributed by atoms with Crippen molar-refractivity contribution in [3.05, 3.63) is 77.0 Å². The van der Waals surface area contributed by atoms with E-state index in [0.717, 1.165) is 48.6 Å². The number of hydrogen-bond acceptors (Lipinski definition) is 2. The van der Waals surface area contributed by atoms with Gasteiger partial charge in [0.05, 0.1) is 18.2 Å². The molecule has 4 heteroatoms. The zero-order valence-electron chi connectivity index (χ0n) is 20.4. The number of aromatic nitrogens is 1. The number of hydrogen-bond donors (Lipinski definition) is 0. The number of carbonyl (C=O) groups is 1. The Morgan fingerprint density at radius 2 is 1.67 bits per heavy atom. The largest absolute Gasteiger partial charge is 0.343 e. The summed E-state index contributed by atoms with van der Waals surface area (Å²) in [6.07, 6.45) is 3.56. The standard InChI is InChI=1S/C29H35N3O/c1-5-19-31(20-6-2)29(33)16-13-26-12-15-28(27-14-7-22(3)21-23(27)4)32(26)25-10-8-24(9-11-25)17-18-30/h7-12,14-15,21H,5-6,13,16-17,19-20H2,1-4H3. The van der Waals surface area contributed by atoms with Crippen LogP contribution in [0.4, 0.5) is 0 Å². The summed E-state index contributed by atoms with van der Waals surface area (Å²) in [5.74, 6) is 0.226. The number of nitriles is 1. The summed E-state index contributed by atoms with van der Waals surface area (Å²) in [7, 11) is 0. The number of rotatable bonds is 10. The number of amides is 1. The Morgan fingerprint density at radius 3 is 2.27 bits per heavy atom. The van der Waals surface area contributed by atoms with Crippen LogP contribution >= 0.6 is 0 Å². The van der Waals surface area contributed by atoms with Gasteiger partial charge in [0.2, 0.25) is 5.91 Å². The molecule has 0 aliphatic heterocycles. The molecule has 172 valence electrons. The predicted octanol–water partition coefficient (Wildman–Crippen LogP) is 6.41. The zero-order chi connectivity index (χ0) is 23.8. The molecule has 0 saturated heterocycles. The highest BCUT2D eigenvalue weighted by Gasteiger charge is 2.17. The minimum absolute atomic E-state index is 0.226. The summed E-state index contributed by atoms with van der Waals surface area (Å²) in [5, 5.41) is 9.01. The molecule has 0 radical (unpaired) electrons. The van der Waals surface area contributed by atoms with Crippen molar-refractivity contribution in [2.75, 3.05) is 13.1 Å². The van der Waals surface area contributed by atoms with E-state index < -0.39 is 0 Å². The highest BCUT2D eigenvalue weighted by Crippen LogP contribution is 2.30. The third-order valence-corrected chi connectivity index (χ3v) is 6.03. The maximum absolute atomic E-state index is 12.9. The Balaban J connectivity index is 1.97. The van der Waals surface area contributed by atoms with Crippen LogP contribution in [-0.4, -0.2) is 28.5 Å². The molecule has 0 fully saturated rings. The van der Waals surface area contributed by atoms with Gasteiger partial charge in [-0.25, -0.2) is 0 Å². The number of benzene rings is 2. The van der Waals surface area contributed by atoms with Crippen molar-refractivity contribution in [1.29, 1.82) is 5.26 Å². The lowest BCUT2D eigenvalue weighted by Crippen LogP contribution is -2.32. The van der Waals surface area contributed by atoms with E-state index >= 15 is 0 Å². The van der Waals surface area contributed by atoms with Gasteiger partial charge in [0.15, 0.2) is 0 Å². The lowest BCUT2D eigenvalue weighted by atomic mass is 10.0. The van der Waals surface area contributed by atoms with Crippen LogP contribution in [0.1, 0.15) is 55.5 Å². The van der Waals surface area contributed by atoms with Gasteiger partial charge in [-0.3, -0.25) is 4.79 Å². The van der Waals surface area contributed by atoms with Gasteiger partial charge in [0, 0.05) is 36.5 Å². The second kappa shape index (κ2) is 11.5. The first-order valence-corrected chi connectivity index (χ1v) is 12.0. The second-order valence-corrected chi connectivity index (χ2v) is 8.75. The van der Waals surface area contributed by atoms with E-state index in [1.807, 2.05) is 17.0 Å². The molecular weight excluding hydrogens is 406 g/mol. The van der Waals surface area contributed by atoms with E-state index in [1.165, 1.54) is 16.7 Å². The third kappa shape index (κ3) is 5.93. The molecule has 1 aromatic heterocycles. The van der Waals surface area contributed by atoms with Crippen molar-refractivity contribution < 1.29 is 4.79 Å². The average Bonchev–Trinajstić information content (AvgIpc) is 3.21. The lowest BCUT2D eigenvalue weighted by Gasteiger charge is -2.22. The molecule has 4 nitrogen and oxygen atoms in total. The minimum Gasteiger partial charge on any atom is -0.343 e. The van der Waals surface area contributed by atoms with Crippen LogP contribution in [0.2, 0.25) is 0 Å². The van der Waals surface area contributed by atoms with Gasteiger partial charge in [0.25, 0.3) is 0 Å². The molecule has 0 saturated carbocycles. The van der Waals surface area contributed by atoms with Gasteiger partial charge in [-0.15, -0.1) is 0 Å². The van der Waals surface area contributed by atoms with E-state index in [4.69, 9.17) is 5.26 Å². The van der Waals surface area contributed by atoms with E-state index in [-0.39, 0.29) is 5.91 Å². The Bertz CT molecular complexity index is 1110. The molecule has 3 rings (SSSR count). The smallest absolute Gasteiger partial charge is 0.222 e. The number of aryl methyl sites for hydroxylation is 3. The predicted molar refractivity (Wildman–Crippen MR) is 135 cm³/mol. The third-order valence-electron chi connectivity index (χ3n) is 6.03. The van der Waals surface area contributed by atoms with Crippen LogP contribution in [0.5, 0.6) is 0 Å². The van der Waals surface area contributed by atoms with Crippen LogP contribution in [-0.2, 0) is 17.6 Å². The van der Waals surface area contributed by atoms with Crippen molar-refractivity contribution in [2.45, 2.75) is 59.8 Å². The van der Waals surface area contributed by atoms with Gasteiger partial charge in [-0.05, 0) is 68.5 Å². The maximum Gasteiger partial charge on any atom is 0.222 e. The summed E-state index contributed by atoms with van der Waals surface area (Å²) in [5.41, 5.74) is 7.98. The van der Waals surface area contributed by atoms with E-state index in [0.29, 0.717) is 19.3 Å². The van der Waals surface area contributed by atoms with Crippen molar-refractivity contribution in [3.63, 3.8) is 0 Å². The first-order valence-electron chi connectivity index (χ1n) is 12.0. The van der Waals surface area contributed by atoms with Gasteiger partial charge in [-0.1, -0.05) is 49.7 Å². The highest BCUT2D eigenvalue weighted by molar-refractivity contribution is 5.76. The molecule has 0 unspecified atom stereocenters. The van der Waals surface area contributed by atoms with Crippen molar-refractivity contribution in [2.24, 2.45) is 0 Å². The lowest BCUT2D eigenvalue weighted by molar-refractivity contribution is -0.131. The van der Waals surface area contributed by atoms with Crippen LogP contribution < -0.4 is 0 Å². The van der Waals surface area contributed by atoms with Gasteiger partial charge >= 0.3 is 0 Å². The second-order valence-electron chi connectivity index (χ2n) is 8.75. The molecule has 0 N–H and O–H groups in total. The van der Waals surface area contributed by atoms with Crippen LogP contribution in [0, 0.1) is 25.2 Å². The minimum atomic E-state index is 0.226. The molecule has 2 aromatic carbocycles. The molecule has 1 heterocycles. The van der Waals surface area contributed by atoms with E-state index in [9.17, 15) is 4.79 Å². The number of carbonyl (C=O) groups excluding carboxylic acids is 1. The average molecular weight is 442 g/mol. The Labute approximate surface area is 198 Å². The van der Waals surface area contributed by atoms with Crippen molar-refractivity contribution in [3.8, 4) is 23.0 Å². The molecule has 33 heavy (non-hydrogen) atoms. The zero-order valence-corrected chi connectivity index (χ0v) is 20.4. The topological polar surface area (TPSA) is 49.0 Å². The summed E-state index contributed by atoms with van der Waals surface area (Å²) >= 11 is 0. The Kier molecular flexibility index (Phi) is 8.49. The van der Waals surface area contributed by atoms with Crippen molar-refractivity contribution in [1.82, 2.24) is 9.47 Å². The van der Waals surface area contributed by atoms with Crippen LogP contribution in [0.15, 0.2) is 54.6 Å². The molecule has 3 aromatic rings. The molecule has 0 aliphatic carbocycles. The van der Waals surface area contributed by atoms with Gasteiger partial charge in [-0.2, -0.15) is 5.26 Å². The molecule has 0 aliphatic rings. The normalized spacial score (nSPS) is 10.8. The first kappa shape index (κ1) is 24.3. The Morgan fingerprint density at radius 1 is 0.970 bits per heavy atom. The Hall–Kier alpha value is -3.32. The molecule has 0 atom stereocenters. The summed E-state index contributed by atoms with van der Waals surface area (Å²) in [6, 6.07) is 21.2. The van der Waals surface area contributed by atoms with E-state index in [2.05, 4.69) is 80.8 Å². The molecule has 1 amide bonds. The summed E-state index contributed by atoms with van der Waals surface area (Å²) in [4.78, 5) is 14.9. The fraction of sp³-hybridized carbons (Fsp3) is 0.379. The number of nitrogens with zero attached hydrogens (tertiary/aromatic N) is 3. The fourth-order valence-electron chi connectivity index (χ4n) is 4.44. The maximum atomic E-state index is 12.9. The van der Waals surface area contributed by atoms with E-state index in [1.54, 1.807) is 0 Å². The quantitative estimate of drug-likeness (QED) is 0.365. The molecule has 0 bridgehead atoms. The SMILES string of the molecule is CCCN(CCC)C(=O)CCc1ccc(-c2ccc(C)cc2C)n1-c1ccc(CC#N)cc1. The summed E-state index contributed by atoms with van der Waals surface area (Å²) < 4.78 is 2.27. The van der Waals surface area contributed by atoms with Crippen molar-refractivity contribution >= 4 is 5.91 Å². The molecule has 0 spiro atoms. The van der Waals surface area contributed by atoms with Gasteiger partial charge < -0.3 is 9.47 Å². The highest BCUT2D eigenvalue weighted by atomic mass is 16.2. The monoisotopic (exact) mass is 441 g/mol. The van der Waals surface area contributed by atoms with Gasteiger partial charge in [0.1, 0.15) is 0 Å². The van der Waals surface area contributed by atoms with Crippen LogP contribution in [0.3, 0.4) is 0 Å².